The molecule has 3 nitrogen and oxygen atoms in total. The Bertz CT molecular complexity index is 84.5. The van der Waals surface area contributed by atoms with Gasteiger partial charge in [-0.25, -0.2) is 0 Å². The van der Waals surface area contributed by atoms with Gasteiger partial charge in [0.15, 0.2) is 0 Å². The largest absolute Gasteiger partial charge is 0.314 e. The minimum atomic E-state index is 0.781. The summed E-state index contributed by atoms with van der Waals surface area (Å²) in [7, 11) is 0. The van der Waals surface area contributed by atoms with Crippen molar-refractivity contribution in [3.63, 3.8) is 0 Å². The molecule has 2 atom stereocenters. The van der Waals surface area contributed by atoms with Gasteiger partial charge in [0.1, 0.15) is 0 Å². The zero-order valence-electron chi connectivity index (χ0n) is 5.48. The molecular weight excluding hydrogens is 114 g/mol. The maximum absolute atomic E-state index is 3.38. The molecule has 2 unspecified atom stereocenters. The fourth-order valence-corrected chi connectivity index (χ4v) is 0.887. The molecule has 2 aliphatic heterocycles. The smallest absolute Gasteiger partial charge is 0.0318 e. The monoisotopic (exact) mass is 127 g/mol. The van der Waals surface area contributed by atoms with Gasteiger partial charge >= 0.3 is 0 Å². The van der Waals surface area contributed by atoms with E-state index in [1.807, 2.05) is 0 Å². The van der Waals surface area contributed by atoms with Gasteiger partial charge in [0.25, 0.3) is 0 Å². The summed E-state index contributed by atoms with van der Waals surface area (Å²) >= 11 is 0. The van der Waals surface area contributed by atoms with Crippen molar-refractivity contribution in [2.75, 3.05) is 26.2 Å². The van der Waals surface area contributed by atoms with Crippen LogP contribution in [0.3, 0.4) is 0 Å². The first kappa shape index (κ1) is 5.65. The number of hydrogen-bond acceptors (Lipinski definition) is 3. The van der Waals surface area contributed by atoms with Crippen LogP contribution in [0.4, 0.5) is 0 Å². The second kappa shape index (κ2) is 2.25. The zero-order valence-corrected chi connectivity index (χ0v) is 5.48. The molecule has 0 radical (unpaired) electrons. The Morgan fingerprint density at radius 3 is 1.89 bits per heavy atom. The minimum Gasteiger partial charge on any atom is -0.314 e. The number of nitrogens with one attached hydrogen (secondary N) is 3. The minimum absolute atomic E-state index is 0.781. The maximum atomic E-state index is 3.38. The van der Waals surface area contributed by atoms with Gasteiger partial charge in [0.05, 0.1) is 0 Å². The first-order chi connectivity index (χ1) is 4.45. The summed E-state index contributed by atoms with van der Waals surface area (Å²) in [5.74, 6) is 0. The molecular formula is C6H13N3. The molecule has 3 N–H and O–H groups in total. The third kappa shape index (κ3) is 1.93. The quantitative estimate of drug-likeness (QED) is 0.404. The predicted octanol–water partition coefficient (Wildman–Crippen LogP) is -1.48. The molecule has 0 saturated carbocycles. The predicted molar refractivity (Wildman–Crippen MR) is 36.5 cm³/mol. The molecule has 52 valence electrons. The van der Waals surface area contributed by atoms with Gasteiger partial charge in [0.2, 0.25) is 0 Å². The van der Waals surface area contributed by atoms with E-state index in [4.69, 9.17) is 0 Å². The summed E-state index contributed by atoms with van der Waals surface area (Å²) in [5.41, 5.74) is 0. The van der Waals surface area contributed by atoms with Crippen LogP contribution in [0.25, 0.3) is 0 Å². The molecule has 0 aromatic carbocycles. The van der Waals surface area contributed by atoms with Crippen LogP contribution in [0.15, 0.2) is 0 Å². The van der Waals surface area contributed by atoms with Crippen molar-refractivity contribution in [2.24, 2.45) is 0 Å². The van der Waals surface area contributed by atoms with E-state index < -0.39 is 0 Å². The summed E-state index contributed by atoms with van der Waals surface area (Å²) in [4.78, 5) is 0. The average molecular weight is 127 g/mol. The molecule has 9 heavy (non-hydrogen) atoms. The zero-order chi connectivity index (χ0) is 6.10. The third-order valence-electron chi connectivity index (χ3n) is 1.77. The standard InChI is InChI=1S/C6H13N3/c1(5-3-8-5)7-2-6-4-9-6/h5-9H,1-4H2. The van der Waals surface area contributed by atoms with Gasteiger partial charge in [-0.2, -0.15) is 0 Å². The lowest BCUT2D eigenvalue weighted by atomic mass is 10.4. The molecule has 2 heterocycles. The van der Waals surface area contributed by atoms with Crippen molar-refractivity contribution < 1.29 is 0 Å². The SMILES string of the molecule is C(NCC1CN1)C1CN1. The first-order valence-corrected chi connectivity index (χ1v) is 3.62. The van der Waals surface area contributed by atoms with Crippen LogP contribution in [-0.2, 0) is 0 Å². The van der Waals surface area contributed by atoms with Crippen molar-refractivity contribution in [2.45, 2.75) is 12.1 Å². The highest BCUT2D eigenvalue weighted by Crippen LogP contribution is 1.96. The fourth-order valence-electron chi connectivity index (χ4n) is 0.887. The second-order valence-electron chi connectivity index (χ2n) is 2.87. The van der Waals surface area contributed by atoms with Crippen LogP contribution in [0.1, 0.15) is 0 Å². The van der Waals surface area contributed by atoms with E-state index in [1.165, 1.54) is 13.1 Å². The van der Waals surface area contributed by atoms with Crippen molar-refractivity contribution in [3.05, 3.63) is 0 Å². The molecule has 0 spiro atoms. The summed E-state index contributed by atoms with van der Waals surface area (Å²) in [6, 6.07) is 1.56. The van der Waals surface area contributed by atoms with Crippen LogP contribution in [0.2, 0.25) is 0 Å². The highest BCUT2D eigenvalue weighted by Gasteiger charge is 2.22. The van der Waals surface area contributed by atoms with Gasteiger partial charge in [-0.3, -0.25) is 0 Å². The van der Waals surface area contributed by atoms with Crippen LogP contribution in [0, 0.1) is 0 Å². The van der Waals surface area contributed by atoms with Gasteiger partial charge in [-0.15, -0.1) is 0 Å². The Morgan fingerprint density at radius 2 is 1.56 bits per heavy atom. The summed E-state index contributed by atoms with van der Waals surface area (Å²) in [5, 5.41) is 9.88. The van der Waals surface area contributed by atoms with E-state index in [9.17, 15) is 0 Å². The molecule has 0 aromatic heterocycles. The van der Waals surface area contributed by atoms with Crippen LogP contribution in [0.5, 0.6) is 0 Å². The summed E-state index contributed by atoms with van der Waals surface area (Å²) in [6.45, 7) is 4.73. The molecule has 0 aromatic rings. The van der Waals surface area contributed by atoms with Crippen molar-refractivity contribution in [1.82, 2.24) is 16.0 Å². The van der Waals surface area contributed by atoms with Gasteiger partial charge < -0.3 is 16.0 Å². The summed E-state index contributed by atoms with van der Waals surface area (Å²) in [6.07, 6.45) is 0. The average Bonchev–Trinajstić information content (AvgIpc) is 2.57. The Morgan fingerprint density at radius 1 is 1.11 bits per heavy atom. The van der Waals surface area contributed by atoms with Gasteiger partial charge in [-0.1, -0.05) is 0 Å². The Balaban J connectivity index is 1.46. The molecule has 2 aliphatic rings. The van der Waals surface area contributed by atoms with Gasteiger partial charge in [-0.05, 0) is 0 Å². The van der Waals surface area contributed by atoms with Crippen molar-refractivity contribution in [3.8, 4) is 0 Å². The normalized spacial score (nSPS) is 38.7. The molecule has 0 aliphatic carbocycles. The Labute approximate surface area is 55.2 Å². The van der Waals surface area contributed by atoms with Gasteiger partial charge in [0, 0.05) is 38.3 Å². The van der Waals surface area contributed by atoms with E-state index in [0.29, 0.717) is 0 Å². The Kier molecular flexibility index (Phi) is 1.41. The van der Waals surface area contributed by atoms with Crippen LogP contribution >= 0.6 is 0 Å². The molecule has 2 saturated heterocycles. The summed E-state index contributed by atoms with van der Waals surface area (Å²) < 4.78 is 0. The topological polar surface area (TPSA) is 55.9 Å². The molecule has 2 fully saturated rings. The molecule has 0 bridgehead atoms. The first-order valence-electron chi connectivity index (χ1n) is 3.62. The number of hydrogen-bond donors (Lipinski definition) is 3. The van der Waals surface area contributed by atoms with E-state index in [0.717, 1.165) is 25.2 Å². The lowest BCUT2D eigenvalue weighted by molar-refractivity contribution is 0.668. The van der Waals surface area contributed by atoms with Crippen molar-refractivity contribution >= 4 is 0 Å². The highest BCUT2D eigenvalue weighted by molar-refractivity contribution is 4.89. The molecule has 3 heteroatoms. The Hall–Kier alpha value is -0.120. The number of rotatable bonds is 4. The molecule has 2 rings (SSSR count). The van der Waals surface area contributed by atoms with Crippen LogP contribution < -0.4 is 16.0 Å². The van der Waals surface area contributed by atoms with E-state index in [2.05, 4.69) is 16.0 Å². The fraction of sp³-hybridized carbons (Fsp3) is 1.00. The lowest BCUT2D eigenvalue weighted by Gasteiger charge is -1.97. The highest BCUT2D eigenvalue weighted by atomic mass is 15.2. The lowest BCUT2D eigenvalue weighted by Crippen LogP contribution is -2.26. The third-order valence-corrected chi connectivity index (χ3v) is 1.77. The second-order valence-corrected chi connectivity index (χ2v) is 2.87. The molecule has 0 amide bonds. The van der Waals surface area contributed by atoms with Crippen molar-refractivity contribution in [1.29, 1.82) is 0 Å². The van der Waals surface area contributed by atoms with E-state index in [-0.39, 0.29) is 0 Å². The van der Waals surface area contributed by atoms with E-state index in [1.54, 1.807) is 0 Å². The van der Waals surface area contributed by atoms with E-state index >= 15 is 0 Å². The van der Waals surface area contributed by atoms with Crippen LogP contribution in [-0.4, -0.2) is 38.3 Å². The maximum Gasteiger partial charge on any atom is 0.0318 e.